The van der Waals surface area contributed by atoms with Gasteiger partial charge < -0.3 is 19.1 Å². The van der Waals surface area contributed by atoms with Crippen LogP contribution in [0, 0.1) is 0 Å². The summed E-state index contributed by atoms with van der Waals surface area (Å²) in [5.41, 5.74) is 2.01. The number of ether oxygens (including phenoxy) is 3. The van der Waals surface area contributed by atoms with Crippen molar-refractivity contribution in [3.05, 3.63) is 83.9 Å². The highest BCUT2D eigenvalue weighted by molar-refractivity contribution is 5.86. The van der Waals surface area contributed by atoms with Gasteiger partial charge in [-0.1, -0.05) is 72.8 Å². The van der Waals surface area contributed by atoms with Gasteiger partial charge in [-0.3, -0.25) is 9.59 Å². The third-order valence-electron chi connectivity index (χ3n) is 5.64. The Morgan fingerprint density at radius 3 is 2.06 bits per heavy atom. The summed E-state index contributed by atoms with van der Waals surface area (Å²) in [4.78, 5) is 26.8. The summed E-state index contributed by atoms with van der Waals surface area (Å²) in [6, 6.07) is 19.4. The van der Waals surface area contributed by atoms with Gasteiger partial charge in [-0.15, -0.1) is 0 Å². The van der Waals surface area contributed by atoms with Gasteiger partial charge in [0.15, 0.2) is 0 Å². The van der Waals surface area contributed by atoms with Crippen LogP contribution < -0.4 is 0 Å². The second-order valence-electron chi connectivity index (χ2n) is 7.82. The summed E-state index contributed by atoms with van der Waals surface area (Å²) < 4.78 is 18.1. The number of carbonyl (C=O) groups excluding carboxylic acids is 2. The number of carbonyl (C=O) groups is 2. The lowest BCUT2D eigenvalue weighted by Gasteiger charge is -2.48. The van der Waals surface area contributed by atoms with E-state index in [2.05, 4.69) is 6.08 Å². The highest BCUT2D eigenvalue weighted by atomic mass is 16.6. The molecule has 1 saturated heterocycles. The van der Waals surface area contributed by atoms with Gasteiger partial charge in [0.05, 0.1) is 19.3 Å². The number of rotatable bonds is 7. The molecule has 0 aliphatic carbocycles. The van der Waals surface area contributed by atoms with E-state index in [1.807, 2.05) is 66.7 Å². The number of benzene rings is 2. The quantitative estimate of drug-likeness (QED) is 0.507. The Balaban J connectivity index is 1.61. The van der Waals surface area contributed by atoms with E-state index in [9.17, 15) is 9.59 Å². The summed E-state index contributed by atoms with van der Waals surface area (Å²) in [5, 5.41) is 0. The van der Waals surface area contributed by atoms with Crippen LogP contribution >= 0.6 is 0 Å². The van der Waals surface area contributed by atoms with Gasteiger partial charge in [-0.25, -0.2) is 0 Å². The zero-order valence-corrected chi connectivity index (χ0v) is 17.6. The molecule has 2 aliphatic heterocycles. The molecule has 0 radical (unpaired) electrons. The van der Waals surface area contributed by atoms with Crippen molar-refractivity contribution in [1.29, 1.82) is 0 Å². The van der Waals surface area contributed by atoms with Crippen LogP contribution in [0.5, 0.6) is 0 Å². The Bertz CT molecular complexity index is 914. The second-order valence-corrected chi connectivity index (χ2v) is 7.82. The van der Waals surface area contributed by atoms with Crippen molar-refractivity contribution < 1.29 is 23.8 Å². The first kappa shape index (κ1) is 21.3. The largest absolute Gasteiger partial charge is 0.449 e. The lowest BCUT2D eigenvalue weighted by molar-refractivity contribution is -0.207. The number of nitrogens with zero attached hydrogens (tertiary/aromatic N) is 1. The Labute approximate surface area is 182 Å². The lowest BCUT2D eigenvalue weighted by atomic mass is 9.88. The first-order chi connectivity index (χ1) is 15.1. The van der Waals surface area contributed by atoms with Crippen molar-refractivity contribution in [2.45, 2.75) is 50.9 Å². The van der Waals surface area contributed by atoms with E-state index in [-0.39, 0.29) is 11.9 Å². The fraction of sp³-hybridized carbons (Fsp3) is 0.360. The summed E-state index contributed by atoms with van der Waals surface area (Å²) in [5.74, 6) is -0.748. The SMILES string of the molecule is CC(=O)O[C@H]1C(=O)N2CC=CC[C@H]2[C@@H](OCc2ccccc2)[C@@H]1OCc1ccccc1. The molecule has 1 fully saturated rings. The van der Waals surface area contributed by atoms with Crippen molar-refractivity contribution in [1.82, 2.24) is 4.90 Å². The molecular formula is C25H27NO5. The van der Waals surface area contributed by atoms with Crippen LogP contribution in [-0.2, 0) is 37.0 Å². The molecule has 162 valence electrons. The first-order valence-corrected chi connectivity index (χ1v) is 10.6. The standard InChI is InChI=1S/C25H27NO5/c1-18(27)31-24-23(30-17-20-12-6-3-7-13-20)22(29-16-19-10-4-2-5-11-19)21-14-8-9-15-26(21)25(24)28/h2-13,21-24H,14-17H2,1H3/t21-,22+,23-,24+/m0/s1. The molecule has 2 aliphatic rings. The van der Waals surface area contributed by atoms with Crippen molar-refractivity contribution in [3.63, 3.8) is 0 Å². The van der Waals surface area contributed by atoms with E-state index in [4.69, 9.17) is 14.2 Å². The maximum atomic E-state index is 13.2. The minimum atomic E-state index is -1.04. The fourth-order valence-corrected chi connectivity index (χ4v) is 4.16. The van der Waals surface area contributed by atoms with E-state index in [1.165, 1.54) is 6.92 Å². The number of fused-ring (bicyclic) bond motifs is 1. The highest BCUT2D eigenvalue weighted by Gasteiger charge is 2.51. The zero-order chi connectivity index (χ0) is 21.6. The Kier molecular flexibility index (Phi) is 6.79. The minimum absolute atomic E-state index is 0.172. The normalized spacial score (nSPS) is 25.2. The van der Waals surface area contributed by atoms with E-state index >= 15 is 0 Å². The van der Waals surface area contributed by atoms with Crippen LogP contribution in [0.1, 0.15) is 24.5 Å². The number of hydrogen-bond acceptors (Lipinski definition) is 5. The van der Waals surface area contributed by atoms with E-state index in [0.717, 1.165) is 11.1 Å². The monoisotopic (exact) mass is 421 g/mol. The second kappa shape index (κ2) is 9.90. The average Bonchev–Trinajstić information content (AvgIpc) is 2.80. The molecule has 0 spiro atoms. The predicted octanol–water partition coefficient (Wildman–Crippen LogP) is 3.26. The third-order valence-corrected chi connectivity index (χ3v) is 5.64. The average molecular weight is 421 g/mol. The summed E-state index contributed by atoms with van der Waals surface area (Å²) in [6.45, 7) is 2.46. The van der Waals surface area contributed by atoms with Gasteiger partial charge in [0.25, 0.3) is 5.91 Å². The molecule has 4 atom stereocenters. The van der Waals surface area contributed by atoms with Crippen LogP contribution in [0.15, 0.2) is 72.8 Å². The van der Waals surface area contributed by atoms with E-state index in [0.29, 0.717) is 26.2 Å². The lowest BCUT2D eigenvalue weighted by Crippen LogP contribution is -2.66. The topological polar surface area (TPSA) is 65.1 Å². The maximum absolute atomic E-state index is 13.2. The molecule has 2 aromatic carbocycles. The molecule has 0 N–H and O–H groups in total. The van der Waals surface area contributed by atoms with Crippen molar-refractivity contribution in [2.24, 2.45) is 0 Å². The smallest absolute Gasteiger partial charge is 0.303 e. The Morgan fingerprint density at radius 2 is 1.48 bits per heavy atom. The predicted molar refractivity (Wildman–Crippen MR) is 115 cm³/mol. The minimum Gasteiger partial charge on any atom is -0.449 e. The van der Waals surface area contributed by atoms with E-state index in [1.54, 1.807) is 4.90 Å². The fourth-order valence-electron chi connectivity index (χ4n) is 4.16. The van der Waals surface area contributed by atoms with Crippen molar-refractivity contribution >= 4 is 11.9 Å². The van der Waals surface area contributed by atoms with Crippen LogP contribution in [0.2, 0.25) is 0 Å². The molecule has 0 unspecified atom stereocenters. The maximum Gasteiger partial charge on any atom is 0.303 e. The number of piperidine rings is 1. The Morgan fingerprint density at radius 1 is 0.903 bits per heavy atom. The molecule has 0 bridgehead atoms. The van der Waals surface area contributed by atoms with Crippen LogP contribution in [0.3, 0.4) is 0 Å². The van der Waals surface area contributed by atoms with Gasteiger partial charge in [0.2, 0.25) is 6.10 Å². The van der Waals surface area contributed by atoms with Crippen LogP contribution in [0.25, 0.3) is 0 Å². The van der Waals surface area contributed by atoms with Crippen molar-refractivity contribution in [3.8, 4) is 0 Å². The van der Waals surface area contributed by atoms with Gasteiger partial charge in [0, 0.05) is 13.5 Å². The number of amides is 1. The molecule has 6 nitrogen and oxygen atoms in total. The summed E-state index contributed by atoms with van der Waals surface area (Å²) in [6.07, 6.45) is 2.52. The molecule has 2 aromatic rings. The summed E-state index contributed by atoms with van der Waals surface area (Å²) in [7, 11) is 0. The molecule has 0 aromatic heterocycles. The van der Waals surface area contributed by atoms with Crippen LogP contribution in [0.4, 0.5) is 0 Å². The van der Waals surface area contributed by atoms with Crippen molar-refractivity contribution in [2.75, 3.05) is 6.54 Å². The van der Waals surface area contributed by atoms with Crippen LogP contribution in [-0.4, -0.2) is 47.7 Å². The molecule has 31 heavy (non-hydrogen) atoms. The summed E-state index contributed by atoms with van der Waals surface area (Å²) >= 11 is 0. The molecular weight excluding hydrogens is 394 g/mol. The molecule has 1 amide bonds. The molecule has 6 heteroatoms. The molecule has 2 heterocycles. The number of hydrogen-bond donors (Lipinski definition) is 0. The third kappa shape index (κ3) is 5.03. The number of esters is 1. The van der Waals surface area contributed by atoms with Gasteiger partial charge in [0.1, 0.15) is 12.2 Å². The zero-order valence-electron chi connectivity index (χ0n) is 17.6. The molecule has 4 rings (SSSR count). The van der Waals surface area contributed by atoms with Gasteiger partial charge in [-0.05, 0) is 17.5 Å². The molecule has 0 saturated carbocycles. The first-order valence-electron chi connectivity index (χ1n) is 10.6. The van der Waals surface area contributed by atoms with Gasteiger partial charge in [-0.2, -0.15) is 0 Å². The Hall–Kier alpha value is -2.96. The van der Waals surface area contributed by atoms with Gasteiger partial charge >= 0.3 is 5.97 Å². The van der Waals surface area contributed by atoms with E-state index < -0.39 is 24.3 Å². The highest BCUT2D eigenvalue weighted by Crippen LogP contribution is 2.32.